The summed E-state index contributed by atoms with van der Waals surface area (Å²) in [6, 6.07) is 15.6. The second kappa shape index (κ2) is 4.43. The molecule has 0 aromatic heterocycles. The van der Waals surface area contributed by atoms with Gasteiger partial charge >= 0.3 is 0 Å². The van der Waals surface area contributed by atoms with E-state index in [-0.39, 0.29) is 11.8 Å². The van der Waals surface area contributed by atoms with Crippen molar-refractivity contribution in [3.63, 3.8) is 0 Å². The van der Waals surface area contributed by atoms with Gasteiger partial charge in [0.2, 0.25) is 5.91 Å². The van der Waals surface area contributed by atoms with Crippen LogP contribution in [0.2, 0.25) is 0 Å². The molecule has 0 saturated carbocycles. The molecule has 19 heavy (non-hydrogen) atoms. The SMILES string of the molecule is COc1ccc(C2C(=O)N(C)c3ccccc32)cc1. The van der Waals surface area contributed by atoms with Gasteiger partial charge in [-0.25, -0.2) is 0 Å². The van der Waals surface area contributed by atoms with E-state index in [1.807, 2.05) is 55.6 Å². The zero-order valence-electron chi connectivity index (χ0n) is 11.0. The minimum Gasteiger partial charge on any atom is -0.497 e. The quantitative estimate of drug-likeness (QED) is 0.823. The average Bonchev–Trinajstić information content (AvgIpc) is 2.72. The third kappa shape index (κ3) is 1.78. The van der Waals surface area contributed by atoms with Crippen molar-refractivity contribution >= 4 is 11.6 Å². The Labute approximate surface area is 112 Å². The smallest absolute Gasteiger partial charge is 0.238 e. The summed E-state index contributed by atoms with van der Waals surface area (Å²) in [5, 5.41) is 0. The van der Waals surface area contributed by atoms with Crippen LogP contribution >= 0.6 is 0 Å². The molecular weight excluding hydrogens is 238 g/mol. The number of methoxy groups -OCH3 is 1. The normalized spacial score (nSPS) is 17.5. The topological polar surface area (TPSA) is 29.5 Å². The Morgan fingerprint density at radius 2 is 1.74 bits per heavy atom. The van der Waals surface area contributed by atoms with E-state index in [0.717, 1.165) is 22.6 Å². The Morgan fingerprint density at radius 3 is 2.42 bits per heavy atom. The van der Waals surface area contributed by atoms with E-state index in [1.165, 1.54) is 0 Å². The molecule has 1 amide bonds. The highest BCUT2D eigenvalue weighted by Gasteiger charge is 2.35. The summed E-state index contributed by atoms with van der Waals surface area (Å²) in [6.07, 6.45) is 0. The van der Waals surface area contributed by atoms with Crippen molar-refractivity contribution in [2.45, 2.75) is 5.92 Å². The lowest BCUT2D eigenvalue weighted by atomic mass is 9.93. The van der Waals surface area contributed by atoms with Gasteiger partial charge < -0.3 is 9.64 Å². The first-order chi connectivity index (χ1) is 9.22. The Bertz CT molecular complexity index is 619. The van der Waals surface area contributed by atoms with Crippen LogP contribution in [0.3, 0.4) is 0 Å². The van der Waals surface area contributed by atoms with Crippen LogP contribution < -0.4 is 9.64 Å². The number of amides is 1. The van der Waals surface area contributed by atoms with Gasteiger partial charge in [-0.15, -0.1) is 0 Å². The molecule has 2 aromatic rings. The standard InChI is InChI=1S/C16H15NO2/c1-17-14-6-4-3-5-13(14)15(16(17)18)11-7-9-12(19-2)10-8-11/h3-10,15H,1-2H3. The summed E-state index contributed by atoms with van der Waals surface area (Å²) in [7, 11) is 3.46. The Kier molecular flexibility index (Phi) is 2.75. The lowest BCUT2D eigenvalue weighted by molar-refractivity contribution is -0.118. The molecule has 0 N–H and O–H groups in total. The molecule has 0 bridgehead atoms. The number of benzene rings is 2. The number of likely N-dealkylation sites (N-methyl/N-ethyl adjacent to an activating group) is 1. The summed E-state index contributed by atoms with van der Waals surface area (Å²) in [4.78, 5) is 14.1. The molecule has 0 fully saturated rings. The number of anilines is 1. The maximum Gasteiger partial charge on any atom is 0.238 e. The molecule has 3 rings (SSSR count). The molecule has 1 heterocycles. The van der Waals surface area contributed by atoms with Crippen molar-refractivity contribution in [3.05, 3.63) is 59.7 Å². The Balaban J connectivity index is 2.07. The fourth-order valence-corrected chi connectivity index (χ4v) is 2.60. The highest BCUT2D eigenvalue weighted by Crippen LogP contribution is 2.40. The van der Waals surface area contributed by atoms with Crippen LogP contribution in [0.1, 0.15) is 17.0 Å². The van der Waals surface area contributed by atoms with Crippen LogP contribution in [0.25, 0.3) is 0 Å². The number of rotatable bonds is 2. The molecule has 1 aliphatic rings. The molecule has 0 radical (unpaired) electrons. The molecule has 2 aromatic carbocycles. The van der Waals surface area contributed by atoms with E-state index in [9.17, 15) is 4.79 Å². The van der Waals surface area contributed by atoms with Crippen LogP contribution in [0.4, 0.5) is 5.69 Å². The predicted octanol–water partition coefficient (Wildman–Crippen LogP) is 2.80. The minimum absolute atomic E-state index is 0.117. The number of carbonyl (C=O) groups is 1. The van der Waals surface area contributed by atoms with E-state index in [0.29, 0.717) is 0 Å². The van der Waals surface area contributed by atoms with E-state index in [4.69, 9.17) is 4.74 Å². The van der Waals surface area contributed by atoms with Gasteiger partial charge in [0.15, 0.2) is 0 Å². The molecule has 3 nitrogen and oxygen atoms in total. The lowest BCUT2D eigenvalue weighted by Gasteiger charge is -2.12. The van der Waals surface area contributed by atoms with Gasteiger partial charge in [0, 0.05) is 12.7 Å². The monoisotopic (exact) mass is 253 g/mol. The molecule has 3 heteroatoms. The zero-order valence-corrected chi connectivity index (χ0v) is 11.0. The van der Waals surface area contributed by atoms with Gasteiger partial charge in [-0.1, -0.05) is 30.3 Å². The zero-order chi connectivity index (χ0) is 13.4. The Hall–Kier alpha value is -2.29. The minimum atomic E-state index is -0.202. The van der Waals surface area contributed by atoms with Gasteiger partial charge in [-0.3, -0.25) is 4.79 Å². The highest BCUT2D eigenvalue weighted by atomic mass is 16.5. The van der Waals surface area contributed by atoms with Gasteiger partial charge in [0.1, 0.15) is 5.75 Å². The second-order valence-electron chi connectivity index (χ2n) is 4.66. The molecule has 0 aliphatic carbocycles. The van der Waals surface area contributed by atoms with Crippen LogP contribution in [-0.4, -0.2) is 20.1 Å². The number of fused-ring (bicyclic) bond motifs is 1. The first-order valence-electron chi connectivity index (χ1n) is 6.23. The molecule has 1 aliphatic heterocycles. The fraction of sp³-hybridized carbons (Fsp3) is 0.188. The van der Waals surface area contributed by atoms with Crippen molar-refractivity contribution < 1.29 is 9.53 Å². The number of hydrogen-bond donors (Lipinski definition) is 0. The van der Waals surface area contributed by atoms with Gasteiger partial charge in [-0.2, -0.15) is 0 Å². The van der Waals surface area contributed by atoms with Gasteiger partial charge in [0.05, 0.1) is 13.0 Å². The van der Waals surface area contributed by atoms with Crippen LogP contribution in [0.5, 0.6) is 5.75 Å². The van der Waals surface area contributed by atoms with Gasteiger partial charge in [0.25, 0.3) is 0 Å². The molecule has 1 unspecified atom stereocenters. The third-order valence-corrected chi connectivity index (χ3v) is 3.64. The molecule has 1 atom stereocenters. The third-order valence-electron chi connectivity index (χ3n) is 3.64. The highest BCUT2D eigenvalue weighted by molar-refractivity contribution is 6.06. The van der Waals surface area contributed by atoms with Crippen molar-refractivity contribution in [3.8, 4) is 5.75 Å². The summed E-state index contributed by atoms with van der Waals surface area (Å²) in [5.74, 6) is 0.717. The largest absolute Gasteiger partial charge is 0.497 e. The second-order valence-corrected chi connectivity index (χ2v) is 4.66. The maximum atomic E-state index is 12.4. The van der Waals surface area contributed by atoms with Crippen LogP contribution in [0, 0.1) is 0 Å². The number of nitrogens with zero attached hydrogens (tertiary/aromatic N) is 1. The van der Waals surface area contributed by atoms with Gasteiger partial charge in [-0.05, 0) is 29.3 Å². The van der Waals surface area contributed by atoms with Crippen molar-refractivity contribution in [2.24, 2.45) is 0 Å². The van der Waals surface area contributed by atoms with Crippen LogP contribution in [-0.2, 0) is 4.79 Å². The van der Waals surface area contributed by atoms with Crippen molar-refractivity contribution in [1.82, 2.24) is 0 Å². The summed E-state index contributed by atoms with van der Waals surface area (Å²) in [5.41, 5.74) is 3.07. The number of para-hydroxylation sites is 1. The number of carbonyl (C=O) groups excluding carboxylic acids is 1. The average molecular weight is 253 g/mol. The van der Waals surface area contributed by atoms with E-state index in [1.54, 1.807) is 12.0 Å². The fourth-order valence-electron chi connectivity index (χ4n) is 2.60. The van der Waals surface area contributed by atoms with Crippen molar-refractivity contribution in [2.75, 3.05) is 19.1 Å². The molecule has 96 valence electrons. The first kappa shape index (κ1) is 11.8. The van der Waals surface area contributed by atoms with E-state index < -0.39 is 0 Å². The van der Waals surface area contributed by atoms with Crippen LogP contribution in [0.15, 0.2) is 48.5 Å². The lowest BCUT2D eigenvalue weighted by Crippen LogP contribution is -2.24. The number of ether oxygens (including phenoxy) is 1. The summed E-state index contributed by atoms with van der Waals surface area (Å²) in [6.45, 7) is 0. The number of hydrogen-bond acceptors (Lipinski definition) is 2. The molecule has 0 saturated heterocycles. The molecule has 0 spiro atoms. The first-order valence-corrected chi connectivity index (χ1v) is 6.23. The maximum absolute atomic E-state index is 12.4. The van der Waals surface area contributed by atoms with E-state index >= 15 is 0 Å². The predicted molar refractivity (Wildman–Crippen MR) is 74.7 cm³/mol. The van der Waals surface area contributed by atoms with Crippen molar-refractivity contribution in [1.29, 1.82) is 0 Å². The Morgan fingerprint density at radius 1 is 1.05 bits per heavy atom. The summed E-state index contributed by atoms with van der Waals surface area (Å²) < 4.78 is 5.15. The molecular formula is C16H15NO2. The van der Waals surface area contributed by atoms with E-state index in [2.05, 4.69) is 0 Å². The summed E-state index contributed by atoms with van der Waals surface area (Å²) >= 11 is 0.